The summed E-state index contributed by atoms with van der Waals surface area (Å²) in [4.78, 5) is 8.80. The van der Waals surface area contributed by atoms with Gasteiger partial charge in [0.15, 0.2) is 0 Å². The molecule has 0 atom stereocenters. The van der Waals surface area contributed by atoms with E-state index in [4.69, 9.17) is 18.0 Å². The molecule has 0 radical (unpaired) electrons. The molecule has 0 fully saturated rings. The molecule has 2 heterocycles. The van der Waals surface area contributed by atoms with E-state index in [1.165, 1.54) is 0 Å². The fourth-order valence-electron chi connectivity index (χ4n) is 1.35. The molecule has 3 nitrogen and oxygen atoms in total. The Hall–Kier alpha value is -1.55. The number of aromatic nitrogens is 2. The first-order chi connectivity index (χ1) is 6.68. The van der Waals surface area contributed by atoms with E-state index in [-0.39, 0.29) is 0 Å². The van der Waals surface area contributed by atoms with Gasteiger partial charge in [-0.05, 0) is 25.1 Å². The van der Waals surface area contributed by atoms with Gasteiger partial charge in [-0.2, -0.15) is 0 Å². The van der Waals surface area contributed by atoms with Gasteiger partial charge in [-0.15, -0.1) is 0 Å². The molecule has 0 spiro atoms. The van der Waals surface area contributed by atoms with Crippen molar-refractivity contribution in [1.29, 1.82) is 0 Å². The molecule has 0 unspecified atom stereocenters. The summed E-state index contributed by atoms with van der Waals surface area (Å²) in [6.07, 6.45) is 1.67. The molecule has 0 aliphatic heterocycles. The Morgan fingerprint density at radius 1 is 1.36 bits per heavy atom. The van der Waals surface area contributed by atoms with Gasteiger partial charge in [0.2, 0.25) is 0 Å². The molecule has 0 amide bonds. The van der Waals surface area contributed by atoms with Gasteiger partial charge < -0.3 is 5.73 Å². The maximum absolute atomic E-state index is 5.56. The molecule has 0 aliphatic rings. The van der Waals surface area contributed by atoms with Crippen molar-refractivity contribution in [2.45, 2.75) is 6.92 Å². The van der Waals surface area contributed by atoms with Crippen molar-refractivity contribution in [3.8, 4) is 0 Å². The summed E-state index contributed by atoms with van der Waals surface area (Å²) in [6.45, 7) is 1.94. The Labute approximate surface area is 87.0 Å². The zero-order valence-corrected chi connectivity index (χ0v) is 8.51. The number of hydrogen-bond donors (Lipinski definition) is 1. The lowest BCUT2D eigenvalue weighted by Gasteiger charge is -2.03. The number of nitrogens with zero attached hydrogens (tertiary/aromatic N) is 2. The molecule has 2 N–H and O–H groups in total. The number of aryl methyl sites for hydroxylation is 1. The van der Waals surface area contributed by atoms with E-state index in [2.05, 4.69) is 9.97 Å². The Kier molecular flexibility index (Phi) is 2.13. The summed E-state index contributed by atoms with van der Waals surface area (Å²) in [5.74, 6) is 0. The summed E-state index contributed by atoms with van der Waals surface area (Å²) in [5, 5.41) is 0.908. The van der Waals surface area contributed by atoms with Crippen molar-refractivity contribution >= 4 is 28.1 Å². The second-order valence-electron chi connectivity index (χ2n) is 3.04. The predicted molar refractivity (Wildman–Crippen MR) is 60.2 cm³/mol. The molecule has 0 aromatic carbocycles. The summed E-state index contributed by atoms with van der Waals surface area (Å²) in [7, 11) is 0. The number of rotatable bonds is 1. The Morgan fingerprint density at radius 2 is 2.14 bits per heavy atom. The van der Waals surface area contributed by atoms with Gasteiger partial charge in [0.25, 0.3) is 0 Å². The quantitative estimate of drug-likeness (QED) is 0.715. The average Bonchev–Trinajstić information content (AvgIpc) is 2.16. The highest BCUT2D eigenvalue weighted by Crippen LogP contribution is 2.14. The third-order valence-electron chi connectivity index (χ3n) is 1.99. The zero-order valence-electron chi connectivity index (χ0n) is 7.69. The van der Waals surface area contributed by atoms with E-state index in [9.17, 15) is 0 Å². The minimum Gasteiger partial charge on any atom is -0.388 e. The predicted octanol–water partition coefficient (Wildman–Crippen LogP) is 1.57. The minimum absolute atomic E-state index is 0.307. The smallest absolute Gasteiger partial charge is 0.123 e. The topological polar surface area (TPSA) is 51.8 Å². The van der Waals surface area contributed by atoms with Gasteiger partial charge in [0.05, 0.1) is 5.52 Å². The molecule has 0 aliphatic carbocycles. The van der Waals surface area contributed by atoms with Crippen LogP contribution in [0, 0.1) is 6.92 Å². The summed E-state index contributed by atoms with van der Waals surface area (Å²) in [6, 6.07) is 5.72. The number of pyridine rings is 2. The molecular formula is C10H9N3S. The van der Waals surface area contributed by atoms with E-state index in [1.807, 2.05) is 25.1 Å². The van der Waals surface area contributed by atoms with E-state index in [0.29, 0.717) is 10.7 Å². The van der Waals surface area contributed by atoms with Crippen LogP contribution in [0.3, 0.4) is 0 Å². The van der Waals surface area contributed by atoms with Crippen molar-refractivity contribution in [2.24, 2.45) is 5.73 Å². The van der Waals surface area contributed by atoms with Gasteiger partial charge in [-0.25, -0.2) is 0 Å². The van der Waals surface area contributed by atoms with Crippen LogP contribution in [0.1, 0.15) is 11.4 Å². The van der Waals surface area contributed by atoms with Crippen molar-refractivity contribution in [3.63, 3.8) is 0 Å². The lowest BCUT2D eigenvalue weighted by atomic mass is 10.2. The van der Waals surface area contributed by atoms with Gasteiger partial charge in [-0.1, -0.05) is 12.2 Å². The van der Waals surface area contributed by atoms with Crippen LogP contribution in [0.25, 0.3) is 10.9 Å². The number of fused-ring (bicyclic) bond motifs is 1. The molecule has 2 aromatic heterocycles. The van der Waals surface area contributed by atoms with E-state index < -0.39 is 0 Å². The molecule has 0 saturated carbocycles. The number of hydrogen-bond acceptors (Lipinski definition) is 3. The minimum atomic E-state index is 0.307. The average molecular weight is 203 g/mol. The highest BCUT2D eigenvalue weighted by molar-refractivity contribution is 7.80. The van der Waals surface area contributed by atoms with Crippen molar-refractivity contribution in [2.75, 3.05) is 0 Å². The third kappa shape index (κ3) is 1.44. The zero-order chi connectivity index (χ0) is 10.1. The molecule has 4 heteroatoms. The van der Waals surface area contributed by atoms with Crippen LogP contribution >= 0.6 is 12.2 Å². The van der Waals surface area contributed by atoms with Crippen LogP contribution in [0.15, 0.2) is 24.4 Å². The van der Waals surface area contributed by atoms with E-state index >= 15 is 0 Å². The Balaban J connectivity index is 2.81. The molecule has 70 valence electrons. The fourth-order valence-corrected chi connectivity index (χ4v) is 1.52. The van der Waals surface area contributed by atoms with Crippen molar-refractivity contribution in [1.82, 2.24) is 9.97 Å². The molecular weight excluding hydrogens is 194 g/mol. The number of thiocarbonyl (C=S) groups is 1. The van der Waals surface area contributed by atoms with E-state index in [0.717, 1.165) is 16.6 Å². The maximum atomic E-state index is 5.56. The fraction of sp³-hybridized carbons (Fsp3) is 0.100. The largest absolute Gasteiger partial charge is 0.388 e. The SMILES string of the molecule is Cc1ccc2c(C(N)=S)nccc2n1. The molecule has 0 saturated heterocycles. The first-order valence-corrected chi connectivity index (χ1v) is 4.61. The molecule has 0 bridgehead atoms. The van der Waals surface area contributed by atoms with Crippen LogP contribution in [0.5, 0.6) is 0 Å². The van der Waals surface area contributed by atoms with Gasteiger partial charge in [0, 0.05) is 17.3 Å². The van der Waals surface area contributed by atoms with Crippen LogP contribution in [0.2, 0.25) is 0 Å². The van der Waals surface area contributed by atoms with Gasteiger partial charge in [0.1, 0.15) is 10.7 Å². The lowest BCUT2D eigenvalue weighted by molar-refractivity contribution is 1.23. The monoisotopic (exact) mass is 203 g/mol. The molecule has 14 heavy (non-hydrogen) atoms. The standard InChI is InChI=1S/C10H9N3S/c1-6-2-3-7-8(13-6)4-5-12-9(7)10(11)14/h2-5H,1H3,(H2,11,14). The second-order valence-corrected chi connectivity index (χ2v) is 3.48. The summed E-state index contributed by atoms with van der Waals surface area (Å²) < 4.78 is 0. The normalized spacial score (nSPS) is 10.4. The Bertz CT molecular complexity index is 508. The first-order valence-electron chi connectivity index (χ1n) is 4.20. The highest BCUT2D eigenvalue weighted by Gasteiger charge is 2.04. The van der Waals surface area contributed by atoms with Crippen molar-refractivity contribution in [3.05, 3.63) is 35.8 Å². The van der Waals surface area contributed by atoms with Crippen LogP contribution in [-0.2, 0) is 0 Å². The maximum Gasteiger partial charge on any atom is 0.123 e. The highest BCUT2D eigenvalue weighted by atomic mass is 32.1. The van der Waals surface area contributed by atoms with Crippen molar-refractivity contribution < 1.29 is 0 Å². The first kappa shape index (κ1) is 9.02. The van der Waals surface area contributed by atoms with Gasteiger partial charge in [-0.3, -0.25) is 9.97 Å². The summed E-state index contributed by atoms with van der Waals surface area (Å²) in [5.41, 5.74) is 8.05. The van der Waals surface area contributed by atoms with Crippen LogP contribution < -0.4 is 5.73 Å². The number of nitrogens with two attached hydrogens (primary N) is 1. The summed E-state index contributed by atoms with van der Waals surface area (Å²) >= 11 is 4.91. The van der Waals surface area contributed by atoms with Crippen LogP contribution in [-0.4, -0.2) is 15.0 Å². The second kappa shape index (κ2) is 3.31. The molecule has 2 aromatic rings. The lowest BCUT2D eigenvalue weighted by Crippen LogP contribution is -2.12. The van der Waals surface area contributed by atoms with Crippen LogP contribution in [0.4, 0.5) is 0 Å². The van der Waals surface area contributed by atoms with E-state index in [1.54, 1.807) is 6.20 Å². The molecule has 2 rings (SSSR count). The van der Waals surface area contributed by atoms with Gasteiger partial charge >= 0.3 is 0 Å². The Morgan fingerprint density at radius 3 is 2.86 bits per heavy atom. The third-order valence-corrected chi connectivity index (χ3v) is 2.18.